The molecule has 0 radical (unpaired) electrons. The molecule has 1 aromatic carbocycles. The Labute approximate surface area is 253 Å². The minimum absolute atomic E-state index is 0.0101. The van der Waals surface area contributed by atoms with Crippen LogP contribution in [0.15, 0.2) is 35.3 Å². The Hall–Kier alpha value is -3.86. The molecule has 11 heteroatoms. The van der Waals surface area contributed by atoms with Crippen molar-refractivity contribution in [2.45, 2.75) is 91.0 Å². The Morgan fingerprint density at radius 1 is 1.16 bits per heavy atom. The van der Waals surface area contributed by atoms with Crippen molar-refractivity contribution >= 4 is 29.2 Å². The Kier molecular flexibility index (Phi) is 9.54. The maximum atomic E-state index is 13.4. The van der Waals surface area contributed by atoms with Crippen LogP contribution < -0.4 is 21.6 Å². The fourth-order valence-electron chi connectivity index (χ4n) is 5.89. The van der Waals surface area contributed by atoms with Crippen LogP contribution in [0.4, 0.5) is 16.2 Å². The number of aromatic amines is 1. The van der Waals surface area contributed by atoms with Crippen LogP contribution in [-0.4, -0.2) is 82.1 Å². The number of amidine groups is 1. The van der Waals surface area contributed by atoms with Crippen molar-refractivity contribution in [3.8, 4) is 0 Å². The first-order valence-corrected chi connectivity index (χ1v) is 15.1. The summed E-state index contributed by atoms with van der Waals surface area (Å²) >= 11 is 0. The minimum atomic E-state index is -0.552. The molecule has 234 valence electrons. The molecule has 0 bridgehead atoms. The molecule has 2 amide bonds. The number of piperidine rings is 1. The van der Waals surface area contributed by atoms with Crippen molar-refractivity contribution in [2.75, 3.05) is 31.6 Å². The molecule has 0 aliphatic carbocycles. The summed E-state index contributed by atoms with van der Waals surface area (Å²) in [4.78, 5) is 48.6. The number of carbonyl (C=O) groups is 2. The molecule has 2 saturated heterocycles. The number of amides is 2. The van der Waals surface area contributed by atoms with E-state index < -0.39 is 5.60 Å². The largest absolute Gasteiger partial charge is 0.444 e. The van der Waals surface area contributed by atoms with Crippen LogP contribution in [0.3, 0.4) is 0 Å². The fourth-order valence-corrected chi connectivity index (χ4v) is 5.89. The Morgan fingerprint density at radius 3 is 2.40 bits per heavy atom. The lowest BCUT2D eigenvalue weighted by Crippen LogP contribution is -2.70. The zero-order valence-corrected chi connectivity index (χ0v) is 26.5. The van der Waals surface area contributed by atoms with Gasteiger partial charge in [-0.15, -0.1) is 0 Å². The third-order valence-corrected chi connectivity index (χ3v) is 8.32. The molecule has 0 saturated carbocycles. The number of hydrogen-bond acceptors (Lipinski definition) is 6. The van der Waals surface area contributed by atoms with Crippen LogP contribution in [0, 0.1) is 6.92 Å². The number of aromatic nitrogens is 1. The third-order valence-electron chi connectivity index (χ3n) is 8.32. The van der Waals surface area contributed by atoms with Gasteiger partial charge in [-0.05, 0) is 90.6 Å². The molecule has 2 aliphatic heterocycles. The predicted octanol–water partition coefficient (Wildman–Crippen LogP) is 2.64. The van der Waals surface area contributed by atoms with E-state index in [1.54, 1.807) is 29.3 Å². The van der Waals surface area contributed by atoms with E-state index in [9.17, 15) is 14.4 Å². The Morgan fingerprint density at radius 2 is 1.81 bits per heavy atom. The van der Waals surface area contributed by atoms with Crippen molar-refractivity contribution in [3.63, 3.8) is 0 Å². The molecule has 0 spiro atoms. The van der Waals surface area contributed by atoms with Gasteiger partial charge in [0.25, 0.3) is 17.3 Å². The number of rotatable bonds is 6. The molecular formula is C32H47N6O5+. The molecule has 1 aromatic heterocycles. The topological polar surface area (TPSA) is 144 Å². The monoisotopic (exact) mass is 595 g/mol. The summed E-state index contributed by atoms with van der Waals surface area (Å²) in [6, 6.07) is 7.24. The number of pyridine rings is 1. The molecule has 2 aliphatic rings. The van der Waals surface area contributed by atoms with Crippen LogP contribution in [0.1, 0.15) is 82.3 Å². The first-order valence-electron chi connectivity index (χ1n) is 15.1. The van der Waals surface area contributed by atoms with Crippen molar-refractivity contribution in [1.29, 1.82) is 0 Å². The van der Waals surface area contributed by atoms with E-state index in [-0.39, 0.29) is 41.0 Å². The zero-order chi connectivity index (χ0) is 31.5. The molecule has 0 unspecified atom stereocenters. The summed E-state index contributed by atoms with van der Waals surface area (Å²) in [5.41, 5.74) is 8.32. The van der Waals surface area contributed by atoms with Gasteiger partial charge in [-0.3, -0.25) is 15.3 Å². The summed E-state index contributed by atoms with van der Waals surface area (Å²) in [6.45, 7) is 15.7. The second kappa shape index (κ2) is 12.8. The lowest BCUT2D eigenvalue weighted by atomic mass is 9.84. The first-order chi connectivity index (χ1) is 20.2. The van der Waals surface area contributed by atoms with E-state index >= 15 is 0 Å². The number of H-pyrrole nitrogens is 1. The molecule has 11 nitrogen and oxygen atoms in total. The van der Waals surface area contributed by atoms with E-state index in [1.165, 1.54) is 0 Å². The normalized spacial score (nSPS) is 21.0. The van der Waals surface area contributed by atoms with Gasteiger partial charge in [-0.1, -0.05) is 6.92 Å². The van der Waals surface area contributed by atoms with Gasteiger partial charge in [0, 0.05) is 30.4 Å². The summed E-state index contributed by atoms with van der Waals surface area (Å²) in [5.74, 6) is 0.161. The van der Waals surface area contributed by atoms with E-state index in [1.807, 2.05) is 52.5 Å². The quantitative estimate of drug-likeness (QED) is 0.297. The standard InChI is InChI=1S/C32H46N6O5/c1-8-32(12-15-37(16-13-32)30(41)43-31(5,6)7)36-25-11-14-34-28(39)26(25)27(33)35-23-9-10-24(20(2)17-23)29(40)38-21(3)18-42-19-22(38)4/h9-11,14,17,21-22H,8,12-13,15-16,18-19H2,1-7H3,(H2,33,35)(H2,34,36,39)/p+1/t21-,22-/m1/s1. The second-order valence-corrected chi connectivity index (χ2v) is 12.8. The number of carbonyl (C=O) groups excluding carboxylic acids is 2. The molecular weight excluding hydrogens is 548 g/mol. The molecule has 2 atom stereocenters. The second-order valence-electron chi connectivity index (χ2n) is 12.8. The third kappa shape index (κ3) is 7.38. The summed E-state index contributed by atoms with van der Waals surface area (Å²) in [5, 5.41) is 3.61. The molecule has 2 fully saturated rings. The summed E-state index contributed by atoms with van der Waals surface area (Å²) in [7, 11) is 0. The lowest BCUT2D eigenvalue weighted by molar-refractivity contribution is -0.354. The molecule has 3 heterocycles. The number of benzene rings is 1. The van der Waals surface area contributed by atoms with Gasteiger partial charge >= 0.3 is 6.09 Å². The maximum Gasteiger partial charge on any atom is 0.410 e. The molecule has 5 N–H and O–H groups in total. The maximum absolute atomic E-state index is 13.4. The highest BCUT2D eigenvalue weighted by Crippen LogP contribution is 2.31. The number of aryl methyl sites for hydroxylation is 1. The summed E-state index contributed by atoms with van der Waals surface area (Å²) in [6.07, 6.45) is 3.46. The van der Waals surface area contributed by atoms with E-state index in [4.69, 9.17) is 15.2 Å². The van der Waals surface area contributed by atoms with Gasteiger partial charge in [-0.25, -0.2) is 9.79 Å². The van der Waals surface area contributed by atoms with Crippen LogP contribution in [0.25, 0.3) is 0 Å². The average molecular weight is 596 g/mol. The van der Waals surface area contributed by atoms with Crippen molar-refractivity contribution < 1.29 is 24.1 Å². The lowest BCUT2D eigenvalue weighted by Gasteiger charge is -2.42. The Balaban J connectivity index is 1.54. The van der Waals surface area contributed by atoms with Crippen LogP contribution in [0.2, 0.25) is 0 Å². The van der Waals surface area contributed by atoms with Crippen molar-refractivity contribution in [3.05, 3.63) is 57.5 Å². The van der Waals surface area contributed by atoms with E-state index in [0.29, 0.717) is 61.6 Å². The SMILES string of the molecule is CCC1(Nc2cc[nH]c(=O)c2C(N)=[NH+]c2ccc(C(=O)N3[C@H](C)COC[C@H]3C)c(C)c2)CCN(C(=O)OC(C)(C)C)CC1. The number of nitrogens with zero attached hydrogens (tertiary/aromatic N) is 2. The number of anilines is 1. The highest BCUT2D eigenvalue weighted by Gasteiger charge is 2.37. The average Bonchev–Trinajstić information content (AvgIpc) is 2.92. The van der Waals surface area contributed by atoms with Gasteiger partial charge in [0.2, 0.25) is 0 Å². The number of nitrogens with two attached hydrogens (primary N) is 1. The van der Waals surface area contributed by atoms with Crippen LogP contribution in [-0.2, 0) is 9.47 Å². The van der Waals surface area contributed by atoms with Crippen molar-refractivity contribution in [2.24, 2.45) is 5.73 Å². The smallest absolute Gasteiger partial charge is 0.410 e. The van der Waals surface area contributed by atoms with Crippen LogP contribution in [0.5, 0.6) is 0 Å². The van der Waals surface area contributed by atoms with Gasteiger partial charge in [0.15, 0.2) is 5.56 Å². The van der Waals surface area contributed by atoms with Gasteiger partial charge in [0.05, 0.1) is 31.0 Å². The van der Waals surface area contributed by atoms with E-state index in [0.717, 1.165) is 12.0 Å². The number of morpholine rings is 1. The van der Waals surface area contributed by atoms with Gasteiger partial charge < -0.3 is 29.6 Å². The molecule has 4 rings (SSSR count). The number of nitrogens with one attached hydrogen (secondary N) is 3. The summed E-state index contributed by atoms with van der Waals surface area (Å²) < 4.78 is 11.1. The predicted molar refractivity (Wildman–Crippen MR) is 167 cm³/mol. The zero-order valence-electron chi connectivity index (χ0n) is 26.5. The highest BCUT2D eigenvalue weighted by atomic mass is 16.6. The van der Waals surface area contributed by atoms with E-state index in [2.05, 4.69) is 22.2 Å². The Bertz CT molecular complexity index is 1410. The highest BCUT2D eigenvalue weighted by molar-refractivity contribution is 5.99. The molecule has 43 heavy (non-hydrogen) atoms. The number of nitrogen functional groups attached to an aromatic ring is 1. The number of hydrogen-bond donors (Lipinski definition) is 4. The first kappa shape index (κ1) is 32.1. The number of ether oxygens (including phenoxy) is 2. The number of likely N-dealkylation sites (tertiary alicyclic amines) is 1. The minimum Gasteiger partial charge on any atom is -0.444 e. The van der Waals surface area contributed by atoms with Gasteiger partial charge in [-0.2, -0.15) is 0 Å². The van der Waals surface area contributed by atoms with Crippen molar-refractivity contribution in [1.82, 2.24) is 14.8 Å². The molecule has 2 aromatic rings. The fraction of sp³-hybridized carbons (Fsp3) is 0.562. The van der Waals surface area contributed by atoms with Crippen LogP contribution >= 0.6 is 0 Å². The van der Waals surface area contributed by atoms with Gasteiger partial charge in [0.1, 0.15) is 11.3 Å².